The van der Waals surface area contributed by atoms with Crippen LogP contribution in [0.5, 0.6) is 0 Å². The molecule has 0 bridgehead atoms. The van der Waals surface area contributed by atoms with Crippen LogP contribution in [0.25, 0.3) is 22.0 Å². The van der Waals surface area contributed by atoms with Crippen molar-refractivity contribution < 1.29 is 0 Å². The highest BCUT2D eigenvalue weighted by molar-refractivity contribution is 5.83. The molecule has 0 radical (unpaired) electrons. The molecule has 5 heteroatoms. The fourth-order valence-corrected chi connectivity index (χ4v) is 2.40. The number of hydrogen-bond acceptors (Lipinski definition) is 4. The van der Waals surface area contributed by atoms with Crippen LogP contribution in [0.1, 0.15) is 19.8 Å². The van der Waals surface area contributed by atoms with Gasteiger partial charge in [0.1, 0.15) is 5.82 Å². The highest BCUT2D eigenvalue weighted by atomic mass is 16.1. The second-order valence-electron chi connectivity index (χ2n) is 5.30. The van der Waals surface area contributed by atoms with E-state index in [-0.39, 0.29) is 5.56 Å². The molecule has 2 aromatic heterocycles. The summed E-state index contributed by atoms with van der Waals surface area (Å²) in [5, 5.41) is 0.632. The number of nitrogens with zero attached hydrogens (tertiary/aromatic N) is 3. The van der Waals surface area contributed by atoms with Gasteiger partial charge in [-0.1, -0.05) is 19.4 Å². The Labute approximate surface area is 128 Å². The molecule has 0 saturated heterocycles. The molecule has 2 N–H and O–H groups in total. The van der Waals surface area contributed by atoms with Crippen LogP contribution in [-0.4, -0.2) is 14.5 Å². The van der Waals surface area contributed by atoms with Gasteiger partial charge in [-0.15, -0.1) is 0 Å². The maximum absolute atomic E-state index is 12.6. The molecule has 0 amide bonds. The van der Waals surface area contributed by atoms with Gasteiger partial charge < -0.3 is 5.73 Å². The molecule has 2 heterocycles. The van der Waals surface area contributed by atoms with Crippen LogP contribution < -0.4 is 11.3 Å². The molecule has 0 spiro atoms. The van der Waals surface area contributed by atoms with Crippen LogP contribution in [0.4, 0.5) is 5.82 Å². The molecule has 22 heavy (non-hydrogen) atoms. The third-order valence-electron chi connectivity index (χ3n) is 3.70. The maximum atomic E-state index is 12.6. The van der Waals surface area contributed by atoms with Gasteiger partial charge in [-0.3, -0.25) is 9.36 Å². The molecule has 0 aliphatic rings. The van der Waals surface area contributed by atoms with Crippen molar-refractivity contribution in [3.05, 3.63) is 53.2 Å². The summed E-state index contributed by atoms with van der Waals surface area (Å²) in [6, 6.07) is 9.34. The van der Waals surface area contributed by atoms with E-state index >= 15 is 0 Å². The van der Waals surface area contributed by atoms with Gasteiger partial charge in [0.15, 0.2) is 0 Å². The van der Waals surface area contributed by atoms with Gasteiger partial charge in [-0.25, -0.2) is 9.97 Å². The summed E-state index contributed by atoms with van der Waals surface area (Å²) in [5.41, 5.74) is 8.19. The van der Waals surface area contributed by atoms with Gasteiger partial charge in [0.2, 0.25) is 0 Å². The molecular weight excluding hydrogens is 276 g/mol. The van der Waals surface area contributed by atoms with E-state index in [4.69, 9.17) is 5.73 Å². The number of rotatable bonds is 4. The van der Waals surface area contributed by atoms with Crippen LogP contribution in [0.2, 0.25) is 0 Å². The third kappa shape index (κ3) is 2.70. The smallest absolute Gasteiger partial charge is 0.261 e. The molecular formula is C17H18N4O. The first kappa shape index (κ1) is 14.3. The van der Waals surface area contributed by atoms with Gasteiger partial charge in [0.25, 0.3) is 5.56 Å². The van der Waals surface area contributed by atoms with Crippen molar-refractivity contribution in [3.8, 4) is 11.1 Å². The van der Waals surface area contributed by atoms with Crippen molar-refractivity contribution in [2.45, 2.75) is 26.3 Å². The lowest BCUT2D eigenvalue weighted by Crippen LogP contribution is -2.20. The summed E-state index contributed by atoms with van der Waals surface area (Å²) < 4.78 is 1.68. The van der Waals surface area contributed by atoms with Crippen molar-refractivity contribution in [3.63, 3.8) is 0 Å². The zero-order chi connectivity index (χ0) is 15.5. The number of fused-ring (bicyclic) bond motifs is 1. The Morgan fingerprint density at radius 3 is 2.68 bits per heavy atom. The van der Waals surface area contributed by atoms with Crippen molar-refractivity contribution in [2.75, 3.05) is 5.73 Å². The van der Waals surface area contributed by atoms with Gasteiger partial charge in [-0.05, 0) is 36.2 Å². The van der Waals surface area contributed by atoms with Crippen LogP contribution in [0.3, 0.4) is 0 Å². The first-order chi connectivity index (χ1) is 10.7. The number of aryl methyl sites for hydroxylation is 1. The van der Waals surface area contributed by atoms with E-state index in [1.54, 1.807) is 23.2 Å². The summed E-state index contributed by atoms with van der Waals surface area (Å²) in [7, 11) is 0. The number of anilines is 1. The Balaban J connectivity index is 2.09. The number of nitrogen functional groups attached to an aromatic ring is 1. The molecule has 0 aliphatic carbocycles. The zero-order valence-electron chi connectivity index (χ0n) is 12.5. The maximum Gasteiger partial charge on any atom is 0.261 e. The summed E-state index contributed by atoms with van der Waals surface area (Å²) in [4.78, 5) is 21.0. The van der Waals surface area contributed by atoms with E-state index in [2.05, 4.69) is 16.9 Å². The standard InChI is InChI=1S/C17H18N4O/c1-2-3-8-21-11-20-15-6-4-12(9-14(15)17(21)22)13-5-7-16(18)19-10-13/h4-7,9-11H,2-3,8H2,1H3,(H2,18,19). The largest absolute Gasteiger partial charge is 0.384 e. The first-order valence-corrected chi connectivity index (χ1v) is 7.40. The minimum absolute atomic E-state index is 0.00343. The Morgan fingerprint density at radius 2 is 1.95 bits per heavy atom. The van der Waals surface area contributed by atoms with E-state index in [1.165, 1.54) is 0 Å². The second kappa shape index (κ2) is 5.97. The summed E-state index contributed by atoms with van der Waals surface area (Å²) >= 11 is 0. The fraction of sp³-hybridized carbons (Fsp3) is 0.235. The van der Waals surface area contributed by atoms with Gasteiger partial charge in [0, 0.05) is 18.3 Å². The Morgan fingerprint density at radius 1 is 1.14 bits per heavy atom. The molecule has 3 aromatic rings. The molecule has 1 aromatic carbocycles. The molecule has 5 nitrogen and oxygen atoms in total. The normalized spacial score (nSPS) is 11.0. The summed E-state index contributed by atoms with van der Waals surface area (Å²) in [6.07, 6.45) is 5.35. The van der Waals surface area contributed by atoms with E-state index in [9.17, 15) is 4.79 Å². The van der Waals surface area contributed by atoms with Crippen molar-refractivity contribution in [1.82, 2.24) is 14.5 Å². The Bertz CT molecular complexity index is 853. The van der Waals surface area contributed by atoms with Crippen LogP contribution >= 0.6 is 0 Å². The predicted molar refractivity (Wildman–Crippen MR) is 88.6 cm³/mol. The number of pyridine rings is 1. The molecule has 0 unspecified atom stereocenters. The Hall–Kier alpha value is -2.69. The second-order valence-corrected chi connectivity index (χ2v) is 5.30. The highest BCUT2D eigenvalue weighted by Crippen LogP contribution is 2.21. The van der Waals surface area contributed by atoms with E-state index < -0.39 is 0 Å². The fourth-order valence-electron chi connectivity index (χ4n) is 2.40. The molecule has 3 rings (SSSR count). The van der Waals surface area contributed by atoms with Gasteiger partial charge >= 0.3 is 0 Å². The van der Waals surface area contributed by atoms with E-state index in [0.29, 0.717) is 23.3 Å². The van der Waals surface area contributed by atoms with E-state index in [0.717, 1.165) is 24.0 Å². The van der Waals surface area contributed by atoms with Crippen LogP contribution in [0.15, 0.2) is 47.7 Å². The monoisotopic (exact) mass is 294 g/mol. The number of unbranched alkanes of at least 4 members (excludes halogenated alkanes) is 1. The number of aromatic nitrogens is 3. The van der Waals surface area contributed by atoms with Crippen molar-refractivity contribution in [2.24, 2.45) is 0 Å². The van der Waals surface area contributed by atoms with Gasteiger partial charge in [-0.2, -0.15) is 0 Å². The lowest BCUT2D eigenvalue weighted by atomic mass is 10.1. The third-order valence-corrected chi connectivity index (χ3v) is 3.70. The van der Waals surface area contributed by atoms with Crippen molar-refractivity contribution >= 4 is 16.7 Å². The SMILES string of the molecule is CCCCn1cnc2ccc(-c3ccc(N)nc3)cc2c1=O. The molecule has 112 valence electrons. The summed E-state index contributed by atoms with van der Waals surface area (Å²) in [5.74, 6) is 0.480. The van der Waals surface area contributed by atoms with E-state index in [1.807, 2.05) is 24.3 Å². The number of nitrogens with two attached hydrogens (primary N) is 1. The van der Waals surface area contributed by atoms with Crippen molar-refractivity contribution in [1.29, 1.82) is 0 Å². The van der Waals surface area contributed by atoms with Crippen LogP contribution in [0, 0.1) is 0 Å². The Kier molecular flexibility index (Phi) is 3.87. The highest BCUT2D eigenvalue weighted by Gasteiger charge is 2.06. The predicted octanol–water partition coefficient (Wildman–Crippen LogP) is 2.84. The molecule has 0 atom stereocenters. The number of hydrogen-bond donors (Lipinski definition) is 1. The van der Waals surface area contributed by atoms with Gasteiger partial charge in [0.05, 0.1) is 17.2 Å². The topological polar surface area (TPSA) is 73.8 Å². The minimum Gasteiger partial charge on any atom is -0.384 e. The average Bonchev–Trinajstić information content (AvgIpc) is 2.55. The lowest BCUT2D eigenvalue weighted by Gasteiger charge is -2.07. The number of benzene rings is 1. The summed E-state index contributed by atoms with van der Waals surface area (Å²) in [6.45, 7) is 2.80. The first-order valence-electron chi connectivity index (χ1n) is 7.40. The average molecular weight is 294 g/mol. The zero-order valence-corrected chi connectivity index (χ0v) is 12.5. The molecule has 0 saturated carbocycles. The van der Waals surface area contributed by atoms with Crippen LogP contribution in [-0.2, 0) is 6.54 Å². The molecule has 0 fully saturated rings. The quantitative estimate of drug-likeness (QED) is 0.803. The lowest BCUT2D eigenvalue weighted by molar-refractivity contribution is 0.608. The molecule has 0 aliphatic heterocycles. The minimum atomic E-state index is 0.00343.